The lowest BCUT2D eigenvalue weighted by Crippen LogP contribution is -2.40. The van der Waals surface area contributed by atoms with Crippen molar-refractivity contribution in [3.05, 3.63) is 64.7 Å². The maximum Gasteiger partial charge on any atom is 0.282 e. The fourth-order valence-electron chi connectivity index (χ4n) is 3.80. The van der Waals surface area contributed by atoms with Gasteiger partial charge in [-0.15, -0.1) is 0 Å². The van der Waals surface area contributed by atoms with Crippen molar-refractivity contribution in [3.63, 3.8) is 0 Å². The van der Waals surface area contributed by atoms with Crippen molar-refractivity contribution in [2.45, 2.75) is 0 Å². The first-order valence-corrected chi connectivity index (χ1v) is 9.67. The van der Waals surface area contributed by atoms with Gasteiger partial charge < -0.3 is 10.1 Å². The Morgan fingerprint density at radius 2 is 1.93 bits per heavy atom. The first kappa shape index (κ1) is 17.2. The van der Waals surface area contributed by atoms with Gasteiger partial charge in [0, 0.05) is 21.5 Å². The largest absolute Gasteiger partial charge is 0.373 e. The van der Waals surface area contributed by atoms with E-state index < -0.39 is 0 Å². The minimum Gasteiger partial charge on any atom is -0.373 e. The number of aromatic nitrogens is 1. The molecule has 0 atom stereocenters. The molecule has 1 saturated heterocycles. The van der Waals surface area contributed by atoms with Gasteiger partial charge in [0.2, 0.25) is 0 Å². The highest BCUT2D eigenvalue weighted by atomic mass is 35.5. The highest BCUT2D eigenvalue weighted by Gasteiger charge is 2.27. The Hall–Kier alpha value is -2.89. The smallest absolute Gasteiger partial charge is 0.282 e. The van der Waals surface area contributed by atoms with E-state index in [4.69, 9.17) is 16.3 Å². The summed E-state index contributed by atoms with van der Waals surface area (Å²) in [5, 5.41) is 4.61. The molecule has 1 amide bonds. The molecular formula is C22H19ClN3O2+. The minimum atomic E-state index is -0.113. The molecule has 28 heavy (non-hydrogen) atoms. The minimum absolute atomic E-state index is 0.113. The number of nitrogens with one attached hydrogen (secondary N) is 2. The zero-order valence-corrected chi connectivity index (χ0v) is 15.9. The molecule has 6 heteroatoms. The first-order chi connectivity index (χ1) is 13.7. The molecule has 2 aliphatic rings. The van der Waals surface area contributed by atoms with Crippen molar-refractivity contribution in [1.29, 1.82) is 0 Å². The molecule has 140 valence electrons. The van der Waals surface area contributed by atoms with E-state index in [2.05, 4.69) is 33.4 Å². The monoisotopic (exact) mass is 392 g/mol. The molecule has 0 saturated carbocycles. The van der Waals surface area contributed by atoms with E-state index in [9.17, 15) is 4.79 Å². The zero-order valence-electron chi connectivity index (χ0n) is 15.2. The molecular weight excluding hydrogens is 374 g/mol. The Kier molecular flexibility index (Phi) is 4.26. The number of para-hydroxylation sites is 1. The number of carbonyl (C=O) groups excluding carboxylic acids is 1. The van der Waals surface area contributed by atoms with E-state index in [1.807, 2.05) is 30.3 Å². The Morgan fingerprint density at radius 3 is 2.79 bits per heavy atom. The number of anilines is 2. The fraction of sp³-hybridized carbons (Fsp3) is 0.182. The first-order valence-electron chi connectivity index (χ1n) is 9.30. The van der Waals surface area contributed by atoms with Gasteiger partial charge in [-0.3, -0.25) is 9.69 Å². The summed E-state index contributed by atoms with van der Waals surface area (Å²) in [6.45, 7) is 3.00. The van der Waals surface area contributed by atoms with Gasteiger partial charge in [-0.1, -0.05) is 35.9 Å². The Balaban J connectivity index is 1.67. The molecule has 5 nitrogen and oxygen atoms in total. The molecule has 3 aromatic rings. The predicted octanol–water partition coefficient (Wildman–Crippen LogP) is 3.64. The number of nitrogens with zero attached hydrogens (tertiary/aromatic N) is 1. The average Bonchev–Trinajstić information content (AvgIpc) is 3.02. The number of hydrogen-bond donors (Lipinski definition) is 1. The van der Waals surface area contributed by atoms with Crippen molar-refractivity contribution in [3.8, 4) is 0 Å². The molecule has 2 aliphatic heterocycles. The second-order valence-corrected chi connectivity index (χ2v) is 7.40. The van der Waals surface area contributed by atoms with Crippen LogP contribution in [-0.4, -0.2) is 32.2 Å². The molecule has 2 aromatic carbocycles. The van der Waals surface area contributed by atoms with Gasteiger partial charge in [-0.05, 0) is 30.3 Å². The predicted molar refractivity (Wildman–Crippen MR) is 111 cm³/mol. The van der Waals surface area contributed by atoms with Crippen LogP contribution in [0.15, 0.2) is 48.5 Å². The molecule has 5 rings (SSSR count). The normalized spacial score (nSPS) is 17.8. The Morgan fingerprint density at radius 1 is 1.11 bits per heavy atom. The third kappa shape index (κ3) is 3.03. The maximum absolute atomic E-state index is 12.6. The Labute approximate surface area is 167 Å². The van der Waals surface area contributed by atoms with Crippen molar-refractivity contribution in [2.24, 2.45) is 0 Å². The molecule has 2 N–H and O–H groups in total. The number of H-pyrrole nitrogens is 1. The van der Waals surface area contributed by atoms with E-state index in [1.165, 1.54) is 0 Å². The number of hydrogen-bond acceptors (Lipinski definition) is 3. The van der Waals surface area contributed by atoms with Crippen LogP contribution in [-0.2, 0) is 9.53 Å². The van der Waals surface area contributed by atoms with Gasteiger partial charge in [0.1, 0.15) is 18.6 Å². The molecule has 0 radical (unpaired) electrons. The molecule has 0 spiro atoms. The van der Waals surface area contributed by atoms with Crippen LogP contribution in [0, 0.1) is 0 Å². The van der Waals surface area contributed by atoms with Crippen LogP contribution in [0.3, 0.4) is 0 Å². The summed E-state index contributed by atoms with van der Waals surface area (Å²) in [6.07, 6.45) is 1.96. The number of aromatic amines is 1. The number of halogens is 1. The summed E-state index contributed by atoms with van der Waals surface area (Å²) in [5.74, 6) is 0.892. The molecule has 1 aromatic heterocycles. The van der Waals surface area contributed by atoms with Crippen LogP contribution in [0.25, 0.3) is 22.6 Å². The van der Waals surface area contributed by atoms with Gasteiger partial charge in [-0.25, -0.2) is 4.98 Å². The van der Waals surface area contributed by atoms with E-state index in [0.717, 1.165) is 46.6 Å². The van der Waals surface area contributed by atoms with E-state index in [0.29, 0.717) is 23.8 Å². The summed E-state index contributed by atoms with van der Waals surface area (Å²) < 4.78 is 5.51. The van der Waals surface area contributed by atoms with Gasteiger partial charge >= 0.3 is 0 Å². The van der Waals surface area contributed by atoms with Crippen LogP contribution in [0.2, 0.25) is 5.02 Å². The van der Waals surface area contributed by atoms with Crippen molar-refractivity contribution < 1.29 is 14.5 Å². The third-order valence-electron chi connectivity index (χ3n) is 5.19. The Bertz CT molecular complexity index is 1120. The topological polar surface area (TPSA) is 55.7 Å². The van der Waals surface area contributed by atoms with Crippen molar-refractivity contribution in [2.75, 3.05) is 36.5 Å². The fourth-order valence-corrected chi connectivity index (χ4v) is 3.97. The molecule has 0 aliphatic carbocycles. The second-order valence-electron chi connectivity index (χ2n) is 6.96. The SMILES string of the molecule is O=C1Nc2cc(Cl)ccc2C1=Cc1cc2ccccc2[nH+]c1N1CCOCC1. The summed E-state index contributed by atoms with van der Waals surface area (Å²) in [5.41, 5.74) is 4.31. The highest BCUT2D eigenvalue weighted by Crippen LogP contribution is 2.36. The second kappa shape index (κ2) is 6.93. The number of morpholine rings is 1. The van der Waals surface area contributed by atoms with Crippen molar-refractivity contribution >= 4 is 51.6 Å². The molecule has 0 bridgehead atoms. The summed E-state index contributed by atoms with van der Waals surface area (Å²) >= 11 is 6.08. The van der Waals surface area contributed by atoms with Crippen LogP contribution in [0.5, 0.6) is 0 Å². The highest BCUT2D eigenvalue weighted by molar-refractivity contribution is 6.36. The molecule has 0 unspecified atom stereocenters. The lowest BCUT2D eigenvalue weighted by molar-refractivity contribution is -0.331. The van der Waals surface area contributed by atoms with Gasteiger partial charge in [0.15, 0.2) is 0 Å². The quantitative estimate of drug-likeness (QED) is 0.677. The lowest BCUT2D eigenvalue weighted by Gasteiger charge is -2.23. The summed E-state index contributed by atoms with van der Waals surface area (Å²) in [4.78, 5) is 18.5. The van der Waals surface area contributed by atoms with Crippen molar-refractivity contribution in [1.82, 2.24) is 0 Å². The number of pyridine rings is 1. The third-order valence-corrected chi connectivity index (χ3v) is 5.43. The number of benzene rings is 2. The van der Waals surface area contributed by atoms with E-state index in [-0.39, 0.29) is 5.91 Å². The van der Waals surface area contributed by atoms with Crippen LogP contribution in [0.4, 0.5) is 11.5 Å². The lowest BCUT2D eigenvalue weighted by atomic mass is 10.0. The number of fused-ring (bicyclic) bond motifs is 2. The average molecular weight is 393 g/mol. The van der Waals surface area contributed by atoms with Crippen LogP contribution in [0.1, 0.15) is 11.1 Å². The zero-order chi connectivity index (χ0) is 19.1. The number of amides is 1. The van der Waals surface area contributed by atoms with E-state index in [1.54, 1.807) is 6.07 Å². The van der Waals surface area contributed by atoms with E-state index >= 15 is 0 Å². The standard InChI is InChI=1S/C22H18ClN3O2/c23-16-5-6-17-18(22(27)25-20(17)13-16)12-15-11-14-3-1-2-4-19(14)24-21(15)26-7-9-28-10-8-26/h1-6,11-13H,7-10H2,(H,25,27)/p+1. The van der Waals surface area contributed by atoms with Gasteiger partial charge in [0.25, 0.3) is 11.7 Å². The van der Waals surface area contributed by atoms with Crippen LogP contribution < -0.4 is 15.2 Å². The number of rotatable bonds is 2. The number of ether oxygens (including phenoxy) is 1. The maximum atomic E-state index is 12.6. The molecule has 3 heterocycles. The van der Waals surface area contributed by atoms with Crippen LogP contribution >= 0.6 is 11.6 Å². The van der Waals surface area contributed by atoms with Gasteiger partial charge in [0.05, 0.1) is 24.5 Å². The summed E-state index contributed by atoms with van der Waals surface area (Å²) in [6, 6.07) is 15.8. The number of carbonyl (C=O) groups is 1. The molecule has 1 fully saturated rings. The summed E-state index contributed by atoms with van der Waals surface area (Å²) in [7, 11) is 0. The van der Waals surface area contributed by atoms with Gasteiger partial charge in [-0.2, -0.15) is 0 Å².